The van der Waals surface area contributed by atoms with Gasteiger partial charge < -0.3 is 4.52 Å². The van der Waals surface area contributed by atoms with Gasteiger partial charge in [0, 0.05) is 5.56 Å². The summed E-state index contributed by atoms with van der Waals surface area (Å²) < 4.78 is 43.4. The van der Waals surface area contributed by atoms with Gasteiger partial charge in [-0.1, -0.05) is 17.3 Å². The fraction of sp³-hybridized carbons (Fsp3) is 0.429. The molecule has 0 aliphatic carbocycles. The van der Waals surface area contributed by atoms with E-state index in [0.717, 1.165) is 31.5 Å². The second kappa shape index (κ2) is 5.14. The van der Waals surface area contributed by atoms with Crippen LogP contribution < -0.4 is 0 Å². The highest BCUT2D eigenvalue weighted by molar-refractivity contribution is 5.55. The minimum absolute atomic E-state index is 0.0528. The van der Waals surface area contributed by atoms with Crippen molar-refractivity contribution >= 4 is 0 Å². The van der Waals surface area contributed by atoms with Crippen molar-refractivity contribution in [1.82, 2.24) is 15.0 Å². The van der Waals surface area contributed by atoms with Crippen LogP contribution in [0.5, 0.6) is 0 Å². The molecule has 0 bridgehead atoms. The van der Waals surface area contributed by atoms with Gasteiger partial charge >= 0.3 is 6.18 Å². The van der Waals surface area contributed by atoms with Gasteiger partial charge in [-0.05, 0) is 38.6 Å². The number of halogens is 3. The van der Waals surface area contributed by atoms with E-state index in [1.807, 2.05) is 7.05 Å². The highest BCUT2D eigenvalue weighted by Gasteiger charge is 2.31. The number of nitrogens with zero attached hydrogens (tertiary/aromatic N) is 3. The Hall–Kier alpha value is -1.89. The van der Waals surface area contributed by atoms with E-state index in [4.69, 9.17) is 4.52 Å². The van der Waals surface area contributed by atoms with Gasteiger partial charge in [0.25, 0.3) is 0 Å². The fourth-order valence-corrected chi connectivity index (χ4v) is 2.54. The first kappa shape index (κ1) is 14.1. The van der Waals surface area contributed by atoms with Gasteiger partial charge in [-0.2, -0.15) is 18.2 Å². The molecule has 0 saturated carbocycles. The molecule has 112 valence electrons. The van der Waals surface area contributed by atoms with Gasteiger partial charge in [0.05, 0.1) is 11.6 Å². The van der Waals surface area contributed by atoms with E-state index in [-0.39, 0.29) is 11.9 Å². The van der Waals surface area contributed by atoms with E-state index in [1.54, 1.807) is 6.07 Å². The van der Waals surface area contributed by atoms with Crippen LogP contribution in [-0.4, -0.2) is 28.6 Å². The molecule has 1 aliphatic heterocycles. The van der Waals surface area contributed by atoms with Crippen LogP contribution >= 0.6 is 0 Å². The lowest BCUT2D eigenvalue weighted by atomic mass is 10.1. The Morgan fingerprint density at radius 3 is 2.81 bits per heavy atom. The summed E-state index contributed by atoms with van der Waals surface area (Å²) in [5.41, 5.74) is -0.412. The van der Waals surface area contributed by atoms with Crippen LogP contribution in [0, 0.1) is 0 Å². The molecular weight excluding hydrogens is 283 g/mol. The number of hydrogen-bond donors (Lipinski definition) is 0. The van der Waals surface area contributed by atoms with Crippen LogP contribution in [0.1, 0.15) is 30.3 Å². The smallest absolute Gasteiger partial charge is 0.337 e. The Kier molecular flexibility index (Phi) is 3.44. The third-order valence-corrected chi connectivity index (χ3v) is 3.70. The molecule has 0 radical (unpaired) electrons. The third-order valence-electron chi connectivity index (χ3n) is 3.70. The summed E-state index contributed by atoms with van der Waals surface area (Å²) in [6.07, 6.45) is -2.42. The largest absolute Gasteiger partial charge is 0.416 e. The summed E-state index contributed by atoms with van der Waals surface area (Å²) in [5, 5.41) is 3.81. The number of aromatic nitrogens is 2. The molecule has 2 heterocycles. The SMILES string of the molecule is CN1CCCC1c1nc(-c2cccc(C(F)(F)F)c2)no1. The first-order valence-electron chi connectivity index (χ1n) is 6.66. The summed E-state index contributed by atoms with van der Waals surface area (Å²) in [6.45, 7) is 0.950. The zero-order valence-corrected chi connectivity index (χ0v) is 11.4. The van der Waals surface area contributed by atoms with E-state index >= 15 is 0 Å². The Labute approximate surface area is 119 Å². The zero-order chi connectivity index (χ0) is 15.0. The first-order chi connectivity index (χ1) is 9.95. The molecule has 7 heteroatoms. The van der Waals surface area contributed by atoms with Crippen LogP contribution in [0.15, 0.2) is 28.8 Å². The summed E-state index contributed by atoms with van der Waals surface area (Å²) in [7, 11) is 1.96. The normalized spacial score (nSPS) is 20.1. The summed E-state index contributed by atoms with van der Waals surface area (Å²) in [4.78, 5) is 6.35. The molecule has 4 nitrogen and oxygen atoms in total. The Morgan fingerprint density at radius 2 is 2.14 bits per heavy atom. The fourth-order valence-electron chi connectivity index (χ4n) is 2.54. The van der Waals surface area contributed by atoms with Crippen LogP contribution in [-0.2, 0) is 6.18 Å². The van der Waals surface area contributed by atoms with Crippen LogP contribution in [0.4, 0.5) is 13.2 Å². The molecule has 1 aromatic carbocycles. The predicted octanol–water partition coefficient (Wildman–Crippen LogP) is 3.52. The zero-order valence-electron chi connectivity index (χ0n) is 11.4. The highest BCUT2D eigenvalue weighted by Crippen LogP contribution is 2.33. The summed E-state index contributed by atoms with van der Waals surface area (Å²) in [5.74, 6) is 0.652. The van der Waals surface area contributed by atoms with Gasteiger partial charge in [-0.25, -0.2) is 0 Å². The second-order valence-electron chi connectivity index (χ2n) is 5.17. The second-order valence-corrected chi connectivity index (χ2v) is 5.17. The van der Waals surface area contributed by atoms with Gasteiger partial charge in [-0.15, -0.1) is 0 Å². The number of alkyl halides is 3. The standard InChI is InChI=1S/C14H14F3N3O/c1-20-7-3-6-11(20)13-18-12(19-21-13)9-4-2-5-10(8-9)14(15,16)17/h2,4-5,8,11H,3,6-7H2,1H3. The molecule has 1 unspecified atom stereocenters. The molecule has 0 amide bonds. The van der Waals surface area contributed by atoms with Crippen LogP contribution in [0.25, 0.3) is 11.4 Å². The summed E-state index contributed by atoms with van der Waals surface area (Å²) in [6, 6.07) is 5.00. The molecule has 0 spiro atoms. The third kappa shape index (κ3) is 2.78. The van der Waals surface area contributed by atoms with Crippen molar-refractivity contribution < 1.29 is 17.7 Å². The molecule has 1 aliphatic rings. The number of benzene rings is 1. The Bertz CT molecular complexity index is 638. The van der Waals surface area contributed by atoms with Crippen molar-refractivity contribution in [2.24, 2.45) is 0 Å². The molecule has 1 aromatic heterocycles. The minimum atomic E-state index is -4.38. The van der Waals surface area contributed by atoms with E-state index in [0.29, 0.717) is 11.5 Å². The molecule has 3 rings (SSSR count). The number of rotatable bonds is 2. The van der Waals surface area contributed by atoms with Crippen molar-refractivity contribution in [2.75, 3.05) is 13.6 Å². The molecule has 1 atom stereocenters. The van der Waals surface area contributed by atoms with E-state index in [2.05, 4.69) is 15.0 Å². The maximum absolute atomic E-state index is 12.7. The minimum Gasteiger partial charge on any atom is -0.337 e. The first-order valence-corrected chi connectivity index (χ1v) is 6.66. The molecule has 1 saturated heterocycles. The van der Waals surface area contributed by atoms with Crippen LogP contribution in [0.3, 0.4) is 0 Å². The van der Waals surface area contributed by atoms with E-state index < -0.39 is 11.7 Å². The monoisotopic (exact) mass is 297 g/mol. The van der Waals surface area contributed by atoms with Crippen LogP contribution in [0.2, 0.25) is 0 Å². The Morgan fingerprint density at radius 1 is 1.33 bits per heavy atom. The van der Waals surface area contributed by atoms with E-state index in [9.17, 15) is 13.2 Å². The number of hydrogen-bond acceptors (Lipinski definition) is 4. The Balaban J connectivity index is 1.90. The van der Waals surface area contributed by atoms with Gasteiger partial charge in [0.15, 0.2) is 0 Å². The average molecular weight is 297 g/mol. The maximum atomic E-state index is 12.7. The van der Waals surface area contributed by atoms with Gasteiger partial charge in [0.1, 0.15) is 0 Å². The average Bonchev–Trinajstić information content (AvgIpc) is 3.06. The molecule has 2 aromatic rings. The van der Waals surface area contributed by atoms with Crippen molar-refractivity contribution in [3.63, 3.8) is 0 Å². The lowest BCUT2D eigenvalue weighted by molar-refractivity contribution is -0.137. The molecular formula is C14H14F3N3O. The quantitative estimate of drug-likeness (QED) is 0.850. The van der Waals surface area contributed by atoms with Crippen molar-refractivity contribution in [1.29, 1.82) is 0 Å². The van der Waals surface area contributed by atoms with E-state index in [1.165, 1.54) is 6.07 Å². The lowest BCUT2D eigenvalue weighted by Crippen LogP contribution is -2.17. The molecule has 1 fully saturated rings. The van der Waals surface area contributed by atoms with Crippen molar-refractivity contribution in [3.8, 4) is 11.4 Å². The highest BCUT2D eigenvalue weighted by atomic mass is 19.4. The predicted molar refractivity (Wildman–Crippen MR) is 69.3 cm³/mol. The molecule has 21 heavy (non-hydrogen) atoms. The van der Waals surface area contributed by atoms with Crippen molar-refractivity contribution in [3.05, 3.63) is 35.7 Å². The lowest BCUT2D eigenvalue weighted by Gasteiger charge is -2.14. The topological polar surface area (TPSA) is 42.2 Å². The van der Waals surface area contributed by atoms with Gasteiger partial charge in [-0.3, -0.25) is 4.90 Å². The maximum Gasteiger partial charge on any atom is 0.416 e. The number of likely N-dealkylation sites (tertiary alicyclic amines) is 1. The van der Waals surface area contributed by atoms with Gasteiger partial charge in [0.2, 0.25) is 11.7 Å². The summed E-state index contributed by atoms with van der Waals surface area (Å²) >= 11 is 0. The molecule has 0 N–H and O–H groups in total. The van der Waals surface area contributed by atoms with Crippen molar-refractivity contribution in [2.45, 2.75) is 25.1 Å².